The van der Waals surface area contributed by atoms with E-state index < -0.39 is 35.0 Å². The summed E-state index contributed by atoms with van der Waals surface area (Å²) in [6.07, 6.45) is -3.69. The van der Waals surface area contributed by atoms with Gasteiger partial charge in [0.15, 0.2) is 12.5 Å². The number of piperazine rings is 1. The zero-order chi connectivity index (χ0) is 22.8. The Morgan fingerprint density at radius 3 is 2.29 bits per heavy atom. The Bertz CT molecular complexity index is 918. The van der Waals surface area contributed by atoms with E-state index in [0.717, 1.165) is 12.1 Å². The number of halogens is 3. The van der Waals surface area contributed by atoms with E-state index in [0.29, 0.717) is 5.70 Å². The number of benzene rings is 1. The van der Waals surface area contributed by atoms with Crippen LogP contribution in [0.15, 0.2) is 30.2 Å². The van der Waals surface area contributed by atoms with Crippen LogP contribution in [0.2, 0.25) is 0 Å². The first-order valence-corrected chi connectivity index (χ1v) is 10.0. The lowest BCUT2D eigenvalue weighted by Crippen LogP contribution is -2.51. The van der Waals surface area contributed by atoms with Crippen LogP contribution < -0.4 is 9.46 Å². The van der Waals surface area contributed by atoms with Crippen molar-refractivity contribution in [3.8, 4) is 5.75 Å². The highest BCUT2D eigenvalue weighted by molar-refractivity contribution is 7.80. The number of ether oxygens (including phenoxy) is 2. The van der Waals surface area contributed by atoms with Gasteiger partial charge in [0.05, 0.1) is 5.69 Å². The molecular formula is C17H19F3N4O6S. The van der Waals surface area contributed by atoms with E-state index in [1.165, 1.54) is 17.2 Å². The van der Waals surface area contributed by atoms with Crippen molar-refractivity contribution in [2.45, 2.75) is 6.36 Å². The standard InChI is InChI=1S/C17H19F3N4O6S/c1-22-10-29-9-13(22)16(26)24-6-4-23(5-7-24)15(25)11-2-3-12(21-31(27)28)14(8-11)30-17(18,19)20/h2-3,8-9,21H,4-7,10H2,1H3,(H,27,28). The van der Waals surface area contributed by atoms with Gasteiger partial charge in [-0.25, -0.2) is 4.21 Å². The fourth-order valence-electron chi connectivity index (χ4n) is 3.10. The van der Waals surface area contributed by atoms with Crippen molar-refractivity contribution in [1.82, 2.24) is 14.7 Å². The summed E-state index contributed by atoms with van der Waals surface area (Å²) >= 11 is -2.64. The topological polar surface area (TPSA) is 112 Å². The largest absolute Gasteiger partial charge is 0.573 e. The lowest BCUT2D eigenvalue weighted by atomic mass is 10.1. The van der Waals surface area contributed by atoms with Crippen LogP contribution in [-0.2, 0) is 20.8 Å². The normalized spacial score (nSPS) is 17.7. The summed E-state index contributed by atoms with van der Waals surface area (Å²) in [6, 6.07) is 3.11. The Kier molecular flexibility index (Phi) is 6.59. The summed E-state index contributed by atoms with van der Waals surface area (Å²) in [5.74, 6) is -1.61. The van der Waals surface area contributed by atoms with Crippen LogP contribution in [0.4, 0.5) is 18.9 Å². The smallest absolute Gasteiger partial charge is 0.478 e. The van der Waals surface area contributed by atoms with Gasteiger partial charge in [-0.05, 0) is 18.2 Å². The third-order valence-electron chi connectivity index (χ3n) is 4.60. The molecule has 31 heavy (non-hydrogen) atoms. The van der Waals surface area contributed by atoms with E-state index >= 15 is 0 Å². The number of carbonyl (C=O) groups is 2. The van der Waals surface area contributed by atoms with Crippen LogP contribution >= 0.6 is 0 Å². The number of rotatable bonds is 5. The number of nitrogens with zero attached hydrogens (tertiary/aromatic N) is 3. The molecule has 1 aromatic carbocycles. The first kappa shape index (κ1) is 22.7. The molecule has 10 nitrogen and oxygen atoms in total. The summed E-state index contributed by atoms with van der Waals surface area (Å²) < 4.78 is 68.7. The quantitative estimate of drug-likeness (QED) is 0.630. The summed E-state index contributed by atoms with van der Waals surface area (Å²) in [4.78, 5) is 29.9. The predicted molar refractivity (Wildman–Crippen MR) is 102 cm³/mol. The number of carbonyl (C=O) groups excluding carboxylic acids is 2. The minimum absolute atomic E-state index is 0.0973. The minimum Gasteiger partial charge on any atom is -0.478 e. The average Bonchev–Trinajstić information content (AvgIpc) is 3.13. The highest BCUT2D eigenvalue weighted by atomic mass is 32.2. The van der Waals surface area contributed by atoms with Crippen LogP contribution in [0, 0.1) is 0 Å². The SMILES string of the molecule is CN1COC=C1C(=O)N1CCN(C(=O)c2ccc(NS(=O)O)c(OC(F)(F)F)c2)CC1. The summed E-state index contributed by atoms with van der Waals surface area (Å²) in [7, 11) is 1.71. The molecule has 1 aromatic rings. The number of amides is 2. The fourth-order valence-corrected chi connectivity index (χ4v) is 3.46. The molecular weight excluding hydrogens is 445 g/mol. The van der Waals surface area contributed by atoms with Gasteiger partial charge >= 0.3 is 6.36 Å². The van der Waals surface area contributed by atoms with Gasteiger partial charge in [-0.1, -0.05) is 0 Å². The van der Waals surface area contributed by atoms with Crippen molar-refractivity contribution in [2.75, 3.05) is 44.7 Å². The number of anilines is 1. The first-order valence-electron chi connectivity index (χ1n) is 8.94. The summed E-state index contributed by atoms with van der Waals surface area (Å²) in [5.41, 5.74) is -0.0979. The molecule has 1 fully saturated rings. The van der Waals surface area contributed by atoms with Gasteiger partial charge in [0, 0.05) is 38.8 Å². The van der Waals surface area contributed by atoms with Crippen molar-refractivity contribution in [3.63, 3.8) is 0 Å². The molecule has 2 amide bonds. The third-order valence-corrected chi connectivity index (χ3v) is 4.99. The monoisotopic (exact) mass is 464 g/mol. The summed E-state index contributed by atoms with van der Waals surface area (Å²) in [6.45, 7) is 1.11. The van der Waals surface area contributed by atoms with Crippen LogP contribution in [0.5, 0.6) is 5.75 Å². The van der Waals surface area contributed by atoms with Gasteiger partial charge in [-0.15, -0.1) is 13.2 Å². The molecule has 0 aliphatic carbocycles. The third kappa shape index (κ3) is 5.58. The molecule has 1 unspecified atom stereocenters. The molecule has 2 aliphatic heterocycles. The molecule has 14 heteroatoms. The molecule has 0 aromatic heterocycles. The Balaban J connectivity index is 1.69. The maximum atomic E-state index is 12.8. The van der Waals surface area contributed by atoms with Crippen molar-refractivity contribution >= 4 is 28.8 Å². The number of nitrogens with one attached hydrogen (secondary N) is 1. The molecule has 1 saturated heterocycles. The van der Waals surface area contributed by atoms with Gasteiger partial charge in [0.2, 0.25) is 0 Å². The van der Waals surface area contributed by atoms with Gasteiger partial charge in [0.25, 0.3) is 23.1 Å². The number of hydrogen-bond donors (Lipinski definition) is 2. The van der Waals surface area contributed by atoms with E-state index in [2.05, 4.69) is 4.74 Å². The second-order valence-electron chi connectivity index (χ2n) is 6.69. The molecule has 2 aliphatic rings. The number of alkyl halides is 3. The Morgan fingerprint density at radius 1 is 1.16 bits per heavy atom. The van der Waals surface area contributed by atoms with Gasteiger partial charge < -0.3 is 24.2 Å². The highest BCUT2D eigenvalue weighted by Gasteiger charge is 2.34. The predicted octanol–water partition coefficient (Wildman–Crippen LogP) is 1.18. The second-order valence-corrected chi connectivity index (χ2v) is 7.39. The number of likely N-dealkylation sites (N-methyl/N-ethyl adjacent to an activating group) is 1. The average molecular weight is 464 g/mol. The molecule has 2 N–H and O–H groups in total. The number of hydrogen-bond acceptors (Lipinski definition) is 6. The van der Waals surface area contributed by atoms with E-state index in [1.54, 1.807) is 16.8 Å². The zero-order valence-electron chi connectivity index (χ0n) is 16.2. The van der Waals surface area contributed by atoms with Crippen molar-refractivity contribution in [1.29, 1.82) is 0 Å². The fraction of sp³-hybridized carbons (Fsp3) is 0.412. The molecule has 0 saturated carbocycles. The summed E-state index contributed by atoms with van der Waals surface area (Å²) in [5, 5.41) is 0. The molecule has 1 atom stereocenters. The maximum absolute atomic E-state index is 12.8. The van der Waals surface area contributed by atoms with Crippen LogP contribution in [-0.4, -0.2) is 81.6 Å². The first-order chi connectivity index (χ1) is 14.5. The Labute approximate surface area is 177 Å². The molecule has 2 heterocycles. The Hall–Kier alpha value is -3.00. The van der Waals surface area contributed by atoms with Gasteiger partial charge in [-0.2, -0.15) is 0 Å². The molecule has 0 spiro atoms. The van der Waals surface area contributed by atoms with Crippen LogP contribution in [0.25, 0.3) is 0 Å². The minimum atomic E-state index is -5.06. The zero-order valence-corrected chi connectivity index (χ0v) is 17.0. The van der Waals surface area contributed by atoms with E-state index in [4.69, 9.17) is 9.29 Å². The lowest BCUT2D eigenvalue weighted by Gasteiger charge is -2.35. The van der Waals surface area contributed by atoms with Crippen molar-refractivity contribution in [2.24, 2.45) is 0 Å². The van der Waals surface area contributed by atoms with E-state index in [1.807, 2.05) is 4.72 Å². The van der Waals surface area contributed by atoms with Crippen LogP contribution in [0.1, 0.15) is 10.4 Å². The molecule has 0 bridgehead atoms. The molecule has 170 valence electrons. The maximum Gasteiger partial charge on any atom is 0.573 e. The van der Waals surface area contributed by atoms with Gasteiger partial charge in [-0.3, -0.25) is 18.9 Å². The van der Waals surface area contributed by atoms with Crippen molar-refractivity contribution < 1.29 is 41.0 Å². The Morgan fingerprint density at radius 2 is 1.77 bits per heavy atom. The molecule has 0 radical (unpaired) electrons. The van der Waals surface area contributed by atoms with E-state index in [9.17, 15) is 27.0 Å². The molecule has 3 rings (SSSR count). The van der Waals surface area contributed by atoms with E-state index in [-0.39, 0.29) is 44.4 Å². The van der Waals surface area contributed by atoms with Crippen molar-refractivity contribution in [3.05, 3.63) is 35.7 Å². The lowest BCUT2D eigenvalue weighted by molar-refractivity contribution is -0.274. The highest BCUT2D eigenvalue weighted by Crippen LogP contribution is 2.32. The van der Waals surface area contributed by atoms with Gasteiger partial charge in [0.1, 0.15) is 12.0 Å². The second kappa shape index (κ2) is 9.01. The van der Waals surface area contributed by atoms with Crippen LogP contribution in [0.3, 0.4) is 0 Å².